The Labute approximate surface area is 177 Å². The van der Waals surface area contributed by atoms with Gasteiger partial charge in [0, 0.05) is 6.08 Å². The number of hydrogen-bond donors (Lipinski definition) is 7. The molecule has 172 valence electrons. The summed E-state index contributed by atoms with van der Waals surface area (Å²) in [6, 6.07) is 3.98. The molecule has 0 aliphatic carbocycles. The van der Waals surface area contributed by atoms with Crippen LogP contribution in [0.3, 0.4) is 0 Å². The first-order valence-electron chi connectivity index (χ1n) is 9.28. The zero-order valence-corrected chi connectivity index (χ0v) is 16.4. The van der Waals surface area contributed by atoms with Gasteiger partial charge in [-0.15, -0.1) is 0 Å². The van der Waals surface area contributed by atoms with Crippen LogP contribution in [-0.4, -0.2) is 98.3 Å². The third kappa shape index (κ3) is 6.74. The fourth-order valence-electron chi connectivity index (χ4n) is 2.63. The molecule has 0 spiro atoms. The molecule has 1 heterocycles. The molecule has 0 saturated carbocycles. The number of hydrogen-bond acceptors (Lipinski definition) is 11. The van der Waals surface area contributed by atoms with E-state index in [1.807, 2.05) is 0 Å². The predicted molar refractivity (Wildman–Crippen MR) is 105 cm³/mol. The minimum absolute atomic E-state index is 0.0774. The summed E-state index contributed by atoms with van der Waals surface area (Å²) in [5, 5.41) is 67.2. The molecular weight excluding hydrogens is 416 g/mol. The zero-order valence-electron chi connectivity index (χ0n) is 16.4. The molecule has 7 N–H and O–H groups in total. The van der Waals surface area contributed by atoms with E-state index in [1.54, 1.807) is 0 Å². The number of aliphatic hydroxyl groups excluding tert-OH is 5. The van der Waals surface area contributed by atoms with Crippen molar-refractivity contribution in [3.05, 3.63) is 42.0 Å². The summed E-state index contributed by atoms with van der Waals surface area (Å²) in [6.45, 7) is 2.19. The van der Waals surface area contributed by atoms with Gasteiger partial charge in [-0.25, -0.2) is 4.79 Å². The van der Waals surface area contributed by atoms with Crippen LogP contribution in [0.15, 0.2) is 36.4 Å². The first-order chi connectivity index (χ1) is 14.6. The van der Waals surface area contributed by atoms with E-state index in [-0.39, 0.29) is 23.7 Å². The lowest BCUT2D eigenvalue weighted by molar-refractivity contribution is -0.303. The maximum Gasteiger partial charge on any atom is 0.331 e. The van der Waals surface area contributed by atoms with Crippen LogP contribution in [-0.2, 0) is 19.0 Å². The van der Waals surface area contributed by atoms with Gasteiger partial charge >= 0.3 is 5.97 Å². The number of aromatic hydroxyl groups is 2. The number of rotatable bonds is 9. The van der Waals surface area contributed by atoms with E-state index in [1.165, 1.54) is 24.3 Å². The normalized spacial score (nSPS) is 27.2. The van der Waals surface area contributed by atoms with Crippen molar-refractivity contribution in [2.75, 3.05) is 19.8 Å². The predicted octanol–water partition coefficient (Wildman–Crippen LogP) is -1.61. The monoisotopic (exact) mass is 442 g/mol. The van der Waals surface area contributed by atoms with E-state index in [4.69, 9.17) is 19.3 Å². The minimum atomic E-state index is -1.61. The first-order valence-corrected chi connectivity index (χ1v) is 9.28. The van der Waals surface area contributed by atoms with Gasteiger partial charge < -0.3 is 50.0 Å². The Morgan fingerprint density at radius 3 is 2.52 bits per heavy atom. The van der Waals surface area contributed by atoms with Gasteiger partial charge in [0.05, 0.1) is 13.2 Å². The number of carbonyl (C=O) groups excluding carboxylic acids is 1. The number of benzene rings is 1. The highest BCUT2D eigenvalue weighted by atomic mass is 16.7. The molecule has 1 saturated heterocycles. The van der Waals surface area contributed by atoms with Crippen LogP contribution in [0.25, 0.3) is 6.08 Å². The maximum absolute atomic E-state index is 11.8. The van der Waals surface area contributed by atoms with Crippen LogP contribution in [0.5, 0.6) is 11.5 Å². The number of aliphatic hydroxyl groups is 5. The second kappa shape index (κ2) is 11.2. The Kier molecular flexibility index (Phi) is 8.95. The third-order valence-corrected chi connectivity index (χ3v) is 4.55. The molecule has 0 radical (unpaired) electrons. The van der Waals surface area contributed by atoms with Crippen LogP contribution in [0.1, 0.15) is 5.56 Å². The molecule has 1 aromatic rings. The van der Waals surface area contributed by atoms with E-state index in [0.29, 0.717) is 5.56 Å². The molecule has 0 bridgehead atoms. The quantitative estimate of drug-likeness (QED) is 0.101. The Balaban J connectivity index is 1.78. The Bertz CT molecular complexity index is 791. The van der Waals surface area contributed by atoms with Crippen molar-refractivity contribution < 1.29 is 54.8 Å². The van der Waals surface area contributed by atoms with E-state index in [0.717, 1.165) is 6.08 Å². The van der Waals surface area contributed by atoms with Gasteiger partial charge in [-0.2, -0.15) is 0 Å². The van der Waals surface area contributed by atoms with Gasteiger partial charge in [0.2, 0.25) is 0 Å². The van der Waals surface area contributed by atoms with Crippen LogP contribution >= 0.6 is 0 Å². The summed E-state index contributed by atoms with van der Waals surface area (Å²) >= 11 is 0. The Morgan fingerprint density at radius 1 is 1.16 bits per heavy atom. The van der Waals surface area contributed by atoms with Crippen molar-refractivity contribution in [1.82, 2.24) is 0 Å². The summed E-state index contributed by atoms with van der Waals surface area (Å²) in [6.07, 6.45) is -6.19. The highest BCUT2D eigenvalue weighted by Crippen LogP contribution is 2.25. The van der Waals surface area contributed by atoms with Crippen molar-refractivity contribution in [1.29, 1.82) is 0 Å². The van der Waals surface area contributed by atoms with E-state index in [9.17, 15) is 35.4 Å². The van der Waals surface area contributed by atoms with E-state index in [2.05, 4.69) is 6.58 Å². The van der Waals surface area contributed by atoms with E-state index >= 15 is 0 Å². The topological polar surface area (TPSA) is 186 Å². The molecule has 1 aromatic carbocycles. The van der Waals surface area contributed by atoms with E-state index < -0.39 is 56.0 Å². The largest absolute Gasteiger partial charge is 0.504 e. The van der Waals surface area contributed by atoms with Gasteiger partial charge in [-0.1, -0.05) is 12.6 Å². The molecule has 3 unspecified atom stereocenters. The molecule has 1 aliphatic rings. The molecule has 11 heteroatoms. The number of phenolic OH excluding ortho intramolecular Hbond substituents is 2. The molecule has 1 aliphatic heterocycles. The first kappa shape index (κ1) is 24.8. The van der Waals surface area contributed by atoms with Crippen LogP contribution in [0.4, 0.5) is 0 Å². The average Bonchev–Trinajstić information content (AvgIpc) is 2.75. The lowest BCUT2D eigenvalue weighted by Crippen LogP contribution is -2.59. The summed E-state index contributed by atoms with van der Waals surface area (Å²) in [7, 11) is 0. The molecule has 31 heavy (non-hydrogen) atoms. The van der Waals surface area contributed by atoms with Gasteiger partial charge in [0.1, 0.15) is 37.1 Å². The highest BCUT2D eigenvalue weighted by Gasteiger charge is 2.44. The van der Waals surface area contributed by atoms with Crippen LogP contribution in [0.2, 0.25) is 0 Å². The lowest BCUT2D eigenvalue weighted by atomic mass is 9.99. The second-order valence-electron chi connectivity index (χ2n) is 6.89. The molecule has 6 atom stereocenters. The number of phenols is 2. The maximum atomic E-state index is 11.8. The molecule has 1 fully saturated rings. The number of esters is 1. The number of ether oxygens (including phenoxy) is 3. The lowest BCUT2D eigenvalue weighted by Gasteiger charge is -2.39. The Hall–Kier alpha value is -2.51. The van der Waals surface area contributed by atoms with Gasteiger partial charge in [-0.3, -0.25) is 0 Å². The SMILES string of the molecule is C=C(COC(=O)C=Cc1ccc(O)c(O)c1)C(O)CO[C@@H]1OC(CO)[C@@H](O)[C@@H](O)C1O. The fourth-order valence-corrected chi connectivity index (χ4v) is 2.63. The van der Waals surface area contributed by atoms with Crippen LogP contribution in [0, 0.1) is 0 Å². The van der Waals surface area contributed by atoms with Crippen molar-refractivity contribution in [3.8, 4) is 11.5 Å². The minimum Gasteiger partial charge on any atom is -0.504 e. The van der Waals surface area contributed by atoms with Crippen molar-refractivity contribution in [3.63, 3.8) is 0 Å². The van der Waals surface area contributed by atoms with Crippen LogP contribution < -0.4 is 0 Å². The smallest absolute Gasteiger partial charge is 0.331 e. The molecule has 2 rings (SSSR count). The number of carbonyl (C=O) groups is 1. The zero-order chi connectivity index (χ0) is 23.1. The standard InChI is InChI=1S/C20H26O11/c1-10(8-29-16(25)5-3-11-2-4-12(22)13(23)6-11)14(24)9-30-20-19(28)18(27)17(26)15(7-21)31-20/h2-6,14-15,17-24,26-28H,1,7-9H2/t14?,15?,17-,18-,19?,20-/m1/s1. The van der Waals surface area contributed by atoms with Gasteiger partial charge in [0.25, 0.3) is 0 Å². The summed E-state index contributed by atoms with van der Waals surface area (Å²) in [4.78, 5) is 11.8. The molecule has 0 amide bonds. The average molecular weight is 442 g/mol. The fraction of sp³-hybridized carbons (Fsp3) is 0.450. The summed E-state index contributed by atoms with van der Waals surface area (Å²) in [5.41, 5.74) is 0.521. The third-order valence-electron chi connectivity index (χ3n) is 4.55. The molecule has 11 nitrogen and oxygen atoms in total. The summed E-state index contributed by atoms with van der Waals surface area (Å²) in [5.74, 6) is -1.39. The summed E-state index contributed by atoms with van der Waals surface area (Å²) < 4.78 is 15.3. The molecule has 0 aromatic heterocycles. The van der Waals surface area contributed by atoms with Gasteiger partial charge in [0.15, 0.2) is 17.8 Å². The second-order valence-corrected chi connectivity index (χ2v) is 6.89. The Morgan fingerprint density at radius 2 is 1.87 bits per heavy atom. The molecular formula is C20H26O11. The van der Waals surface area contributed by atoms with Crippen molar-refractivity contribution >= 4 is 12.0 Å². The van der Waals surface area contributed by atoms with Gasteiger partial charge in [-0.05, 0) is 29.3 Å². The van der Waals surface area contributed by atoms with Crippen molar-refractivity contribution in [2.45, 2.75) is 36.8 Å². The van der Waals surface area contributed by atoms with Crippen molar-refractivity contribution in [2.24, 2.45) is 0 Å². The highest BCUT2D eigenvalue weighted by molar-refractivity contribution is 5.87.